The summed E-state index contributed by atoms with van der Waals surface area (Å²) in [7, 11) is 0. The van der Waals surface area contributed by atoms with Gasteiger partial charge in [0.25, 0.3) is 6.71 Å². The first kappa shape index (κ1) is 31.0. The summed E-state index contributed by atoms with van der Waals surface area (Å²) in [6.45, 7) is 11.6. The molecule has 0 N–H and O–H groups in total. The highest BCUT2D eigenvalue weighted by molar-refractivity contribution is 7.01. The lowest BCUT2D eigenvalue weighted by atomic mass is 9.27. The highest BCUT2D eigenvalue weighted by atomic mass is 15.2. The van der Waals surface area contributed by atoms with Crippen molar-refractivity contribution in [1.82, 2.24) is 0 Å². The molecule has 7 aromatic carbocycles. The maximum absolute atomic E-state index is 2.57. The van der Waals surface area contributed by atoms with Crippen LogP contribution in [0.3, 0.4) is 0 Å². The normalized spacial score (nSPS) is 14.7. The predicted octanol–water partition coefficient (Wildman–Crippen LogP) is 10.4. The summed E-state index contributed by atoms with van der Waals surface area (Å²) in [5, 5.41) is 0. The van der Waals surface area contributed by atoms with Crippen molar-refractivity contribution >= 4 is 57.2 Å². The molecule has 7 aromatic rings. The fourth-order valence-electron chi connectivity index (χ4n) is 9.59. The van der Waals surface area contributed by atoms with Crippen LogP contribution >= 0.6 is 0 Å². The predicted molar refractivity (Wildman–Crippen MR) is 221 cm³/mol. The summed E-state index contributed by atoms with van der Waals surface area (Å²) < 4.78 is 0. The average molecular weight is 669 g/mol. The molecule has 52 heavy (non-hydrogen) atoms. The Morgan fingerprint density at radius 2 is 0.808 bits per heavy atom. The van der Waals surface area contributed by atoms with Gasteiger partial charge in [-0.2, -0.15) is 0 Å². The Labute approximate surface area is 308 Å². The maximum Gasteiger partial charge on any atom is 0.253 e. The zero-order chi connectivity index (χ0) is 35.4. The van der Waals surface area contributed by atoms with Crippen molar-refractivity contribution in [1.29, 1.82) is 0 Å². The van der Waals surface area contributed by atoms with E-state index in [1.165, 1.54) is 89.5 Å². The van der Waals surface area contributed by atoms with E-state index in [1.54, 1.807) is 0 Å². The monoisotopic (exact) mass is 668 g/mol. The molecular weight excluding hydrogens is 627 g/mol. The number of aryl methyl sites for hydroxylation is 2. The van der Waals surface area contributed by atoms with Gasteiger partial charge in [-0.15, -0.1) is 0 Å². The van der Waals surface area contributed by atoms with Crippen LogP contribution in [0.4, 0.5) is 34.1 Å². The van der Waals surface area contributed by atoms with Crippen LogP contribution in [0.15, 0.2) is 158 Å². The molecule has 3 aliphatic rings. The molecule has 0 fully saturated rings. The number of benzene rings is 7. The molecule has 3 heteroatoms. The van der Waals surface area contributed by atoms with Gasteiger partial charge in [0.1, 0.15) is 0 Å². The van der Waals surface area contributed by atoms with Crippen molar-refractivity contribution in [2.45, 2.75) is 45.4 Å². The summed E-state index contributed by atoms with van der Waals surface area (Å²) in [4.78, 5) is 5.15. The second kappa shape index (κ2) is 11.1. The van der Waals surface area contributed by atoms with E-state index in [9.17, 15) is 0 Å². The van der Waals surface area contributed by atoms with E-state index in [0.29, 0.717) is 0 Å². The fourth-order valence-corrected chi connectivity index (χ4v) is 9.59. The van der Waals surface area contributed by atoms with Gasteiger partial charge >= 0.3 is 0 Å². The molecule has 0 atom stereocenters. The first-order valence-corrected chi connectivity index (χ1v) is 18.6. The topological polar surface area (TPSA) is 6.48 Å². The molecule has 250 valence electrons. The van der Waals surface area contributed by atoms with Crippen LogP contribution in [-0.2, 0) is 10.8 Å². The van der Waals surface area contributed by atoms with E-state index < -0.39 is 5.41 Å². The van der Waals surface area contributed by atoms with Gasteiger partial charge in [0.15, 0.2) is 0 Å². The Kier molecular flexibility index (Phi) is 6.61. The van der Waals surface area contributed by atoms with Crippen molar-refractivity contribution in [3.05, 3.63) is 197 Å². The fraction of sp³-hybridized carbons (Fsp3) is 0.143. The highest BCUT2D eigenvalue weighted by Gasteiger charge is 2.55. The molecule has 3 heterocycles. The molecule has 3 aliphatic heterocycles. The minimum atomic E-state index is -0.545. The van der Waals surface area contributed by atoms with Gasteiger partial charge in [-0.05, 0) is 123 Å². The van der Waals surface area contributed by atoms with E-state index >= 15 is 0 Å². The van der Waals surface area contributed by atoms with E-state index in [4.69, 9.17) is 0 Å². The Morgan fingerprint density at radius 1 is 0.442 bits per heavy atom. The number of nitrogens with zero attached hydrogens (tertiary/aromatic N) is 2. The standard InChI is InChI=1S/C49H41BN2/c1-32-26-39-45-41(28-32)51(37-22-14-8-15-23-37)43-30-36(48(3,4)5)31-44-47(43)50(45)46-40(27-33(2)29-42(46)52(44)38-24-16-9-17-25-38)49(39,34-18-10-6-11-19-34)35-20-12-7-13-21-35/h6-31H,1-5H3. The molecule has 0 aliphatic carbocycles. The van der Waals surface area contributed by atoms with Crippen LogP contribution in [0.5, 0.6) is 0 Å². The molecule has 0 aromatic heterocycles. The molecule has 0 bridgehead atoms. The van der Waals surface area contributed by atoms with E-state index in [2.05, 4.69) is 202 Å². The Morgan fingerprint density at radius 3 is 1.19 bits per heavy atom. The van der Waals surface area contributed by atoms with Gasteiger partial charge in [-0.3, -0.25) is 0 Å². The maximum atomic E-state index is 2.57. The molecule has 0 unspecified atom stereocenters. The summed E-state index contributed by atoms with van der Waals surface area (Å²) in [5.74, 6) is 0. The first-order chi connectivity index (χ1) is 25.3. The Balaban J connectivity index is 1.46. The summed E-state index contributed by atoms with van der Waals surface area (Å²) in [5.41, 5.74) is 20.2. The van der Waals surface area contributed by atoms with Crippen molar-refractivity contribution in [2.75, 3.05) is 9.80 Å². The van der Waals surface area contributed by atoms with E-state index in [1.807, 2.05) is 0 Å². The lowest BCUT2D eigenvalue weighted by Crippen LogP contribution is -2.68. The van der Waals surface area contributed by atoms with Gasteiger partial charge < -0.3 is 9.80 Å². The second-order valence-corrected chi connectivity index (χ2v) is 15.9. The van der Waals surface area contributed by atoms with Crippen LogP contribution in [0, 0.1) is 13.8 Å². The quantitative estimate of drug-likeness (QED) is 0.172. The molecule has 0 radical (unpaired) electrons. The zero-order valence-corrected chi connectivity index (χ0v) is 30.5. The van der Waals surface area contributed by atoms with Crippen molar-refractivity contribution in [2.24, 2.45) is 0 Å². The third-order valence-corrected chi connectivity index (χ3v) is 11.7. The largest absolute Gasteiger partial charge is 0.311 e. The van der Waals surface area contributed by atoms with E-state index in [-0.39, 0.29) is 12.1 Å². The lowest BCUT2D eigenvalue weighted by molar-refractivity contribution is 0.590. The second-order valence-electron chi connectivity index (χ2n) is 15.9. The number of para-hydroxylation sites is 2. The smallest absolute Gasteiger partial charge is 0.253 e. The zero-order valence-electron chi connectivity index (χ0n) is 30.5. The minimum Gasteiger partial charge on any atom is -0.311 e. The third-order valence-electron chi connectivity index (χ3n) is 11.7. The molecular formula is C49H41BN2. The lowest BCUT2D eigenvalue weighted by Gasteiger charge is -2.53. The van der Waals surface area contributed by atoms with Crippen LogP contribution in [0.2, 0.25) is 0 Å². The van der Waals surface area contributed by atoms with E-state index in [0.717, 1.165) is 0 Å². The number of rotatable bonds is 4. The van der Waals surface area contributed by atoms with Crippen LogP contribution in [0.1, 0.15) is 59.7 Å². The minimum absolute atomic E-state index is 0.0608. The van der Waals surface area contributed by atoms with Gasteiger partial charge in [0, 0.05) is 34.1 Å². The number of hydrogen-bond donors (Lipinski definition) is 0. The molecule has 0 saturated carbocycles. The molecule has 0 spiro atoms. The van der Waals surface area contributed by atoms with Gasteiger partial charge in [-0.25, -0.2) is 0 Å². The third kappa shape index (κ3) is 4.20. The van der Waals surface area contributed by atoms with Crippen molar-refractivity contribution in [3.63, 3.8) is 0 Å². The van der Waals surface area contributed by atoms with Gasteiger partial charge in [-0.1, -0.05) is 130 Å². The summed E-state index contributed by atoms with van der Waals surface area (Å²) >= 11 is 0. The number of anilines is 6. The summed E-state index contributed by atoms with van der Waals surface area (Å²) in [6, 6.07) is 59.5. The molecule has 10 rings (SSSR count). The van der Waals surface area contributed by atoms with Crippen LogP contribution in [-0.4, -0.2) is 6.71 Å². The molecule has 0 amide bonds. The highest BCUT2D eigenvalue weighted by Crippen LogP contribution is 2.54. The van der Waals surface area contributed by atoms with Crippen LogP contribution < -0.4 is 26.2 Å². The van der Waals surface area contributed by atoms with Gasteiger partial charge in [0.2, 0.25) is 0 Å². The summed E-state index contributed by atoms with van der Waals surface area (Å²) in [6.07, 6.45) is 0. The first-order valence-electron chi connectivity index (χ1n) is 18.6. The number of hydrogen-bond acceptors (Lipinski definition) is 2. The Hall–Kier alpha value is -5.80. The average Bonchev–Trinajstić information content (AvgIpc) is 3.15. The SMILES string of the molecule is Cc1cc2c3c(c1)C(c1ccccc1)(c1ccccc1)c1cc(C)cc4c1B3c1c(cc(C(C)(C)C)cc1N4c1ccccc1)N2c1ccccc1. The Bertz CT molecular complexity index is 2350. The molecule has 0 saturated heterocycles. The molecule has 2 nitrogen and oxygen atoms in total. The van der Waals surface area contributed by atoms with Crippen LogP contribution in [0.25, 0.3) is 0 Å². The van der Waals surface area contributed by atoms with Crippen molar-refractivity contribution < 1.29 is 0 Å². The van der Waals surface area contributed by atoms with Gasteiger partial charge in [0.05, 0.1) is 5.41 Å². The van der Waals surface area contributed by atoms with Crippen molar-refractivity contribution in [3.8, 4) is 0 Å².